The minimum Gasteiger partial charge on any atom is -0.497 e. The van der Waals surface area contributed by atoms with Crippen LogP contribution < -0.4 is 14.8 Å². The van der Waals surface area contributed by atoms with Crippen LogP contribution in [0.3, 0.4) is 0 Å². The number of amides is 1. The highest BCUT2D eigenvalue weighted by Crippen LogP contribution is 2.32. The van der Waals surface area contributed by atoms with Crippen LogP contribution >= 0.6 is 0 Å². The minimum atomic E-state index is 0.00118. The summed E-state index contributed by atoms with van der Waals surface area (Å²) < 4.78 is 10.7. The lowest BCUT2D eigenvalue weighted by Crippen LogP contribution is -2.15. The van der Waals surface area contributed by atoms with E-state index in [-0.39, 0.29) is 11.8 Å². The van der Waals surface area contributed by atoms with Crippen molar-refractivity contribution in [3.63, 3.8) is 0 Å². The third-order valence-corrected chi connectivity index (χ3v) is 4.14. The van der Waals surface area contributed by atoms with Gasteiger partial charge in [-0.05, 0) is 35.6 Å². The van der Waals surface area contributed by atoms with Crippen molar-refractivity contribution >= 4 is 11.6 Å². The number of carbonyl (C=O) groups excluding carboxylic acids is 1. The Balaban J connectivity index is 2.09. The van der Waals surface area contributed by atoms with Crippen LogP contribution in [0.1, 0.15) is 37.3 Å². The summed E-state index contributed by atoms with van der Waals surface area (Å²) in [6, 6.07) is 13.6. The molecule has 0 aromatic heterocycles. The number of rotatable bonds is 7. The molecule has 0 spiro atoms. The number of anilines is 1. The van der Waals surface area contributed by atoms with Gasteiger partial charge >= 0.3 is 0 Å². The van der Waals surface area contributed by atoms with E-state index in [0.717, 1.165) is 34.7 Å². The smallest absolute Gasteiger partial charge is 0.224 e. The molecule has 2 rings (SSSR count). The van der Waals surface area contributed by atoms with Crippen molar-refractivity contribution in [1.29, 1.82) is 0 Å². The molecule has 128 valence electrons. The molecule has 0 saturated heterocycles. The number of aryl methyl sites for hydroxylation is 1. The van der Waals surface area contributed by atoms with Crippen LogP contribution in [-0.4, -0.2) is 20.1 Å². The van der Waals surface area contributed by atoms with Crippen molar-refractivity contribution in [2.75, 3.05) is 19.5 Å². The molecular weight excluding hydrogens is 302 g/mol. The summed E-state index contributed by atoms with van der Waals surface area (Å²) >= 11 is 0. The molecule has 2 aromatic carbocycles. The molecule has 0 heterocycles. The van der Waals surface area contributed by atoms with Crippen LogP contribution in [0.2, 0.25) is 0 Å². The van der Waals surface area contributed by atoms with Crippen LogP contribution in [-0.2, 0) is 11.2 Å². The summed E-state index contributed by atoms with van der Waals surface area (Å²) in [5.41, 5.74) is 3.02. The van der Waals surface area contributed by atoms with E-state index >= 15 is 0 Å². The summed E-state index contributed by atoms with van der Waals surface area (Å²) in [4.78, 5) is 12.4. The number of hydrogen-bond acceptors (Lipinski definition) is 3. The van der Waals surface area contributed by atoms with Gasteiger partial charge in [-0.25, -0.2) is 0 Å². The summed E-state index contributed by atoms with van der Waals surface area (Å²) in [7, 11) is 3.25. The first-order valence-electron chi connectivity index (χ1n) is 8.18. The van der Waals surface area contributed by atoms with Gasteiger partial charge in [-0.3, -0.25) is 4.79 Å². The van der Waals surface area contributed by atoms with Gasteiger partial charge in [0.05, 0.1) is 14.2 Å². The van der Waals surface area contributed by atoms with Gasteiger partial charge in [0.15, 0.2) is 0 Å². The van der Waals surface area contributed by atoms with E-state index in [9.17, 15) is 4.79 Å². The summed E-state index contributed by atoms with van der Waals surface area (Å²) in [6.07, 6.45) is 1.28. The fourth-order valence-corrected chi connectivity index (χ4v) is 2.77. The number of nitrogens with one attached hydrogen (secondary N) is 1. The average molecular weight is 327 g/mol. The maximum Gasteiger partial charge on any atom is 0.224 e. The maximum atomic E-state index is 12.4. The minimum absolute atomic E-state index is 0.00118. The largest absolute Gasteiger partial charge is 0.497 e. The van der Waals surface area contributed by atoms with Gasteiger partial charge in [0.1, 0.15) is 11.5 Å². The molecule has 0 bridgehead atoms. The highest BCUT2D eigenvalue weighted by Gasteiger charge is 2.16. The van der Waals surface area contributed by atoms with E-state index in [4.69, 9.17) is 9.47 Å². The molecule has 1 N–H and O–H groups in total. The van der Waals surface area contributed by atoms with Crippen molar-refractivity contribution in [3.8, 4) is 11.5 Å². The SMILES string of the molecule is CCc1ccccc1NC(=O)CC(C)c1ccc(OC)cc1OC. The second-order valence-electron chi connectivity index (χ2n) is 5.77. The Bertz CT molecular complexity index is 697. The molecule has 1 unspecified atom stereocenters. The lowest BCUT2D eigenvalue weighted by atomic mass is 9.96. The van der Waals surface area contributed by atoms with Gasteiger partial charge < -0.3 is 14.8 Å². The molecule has 4 nitrogen and oxygen atoms in total. The van der Waals surface area contributed by atoms with E-state index in [1.807, 2.05) is 49.4 Å². The van der Waals surface area contributed by atoms with E-state index in [1.54, 1.807) is 14.2 Å². The second-order valence-corrected chi connectivity index (χ2v) is 5.77. The lowest BCUT2D eigenvalue weighted by Gasteiger charge is -2.17. The number of ether oxygens (including phenoxy) is 2. The zero-order chi connectivity index (χ0) is 17.5. The number of carbonyl (C=O) groups is 1. The van der Waals surface area contributed by atoms with E-state index in [2.05, 4.69) is 12.2 Å². The normalized spacial score (nSPS) is 11.7. The topological polar surface area (TPSA) is 47.6 Å². The predicted octanol–water partition coefficient (Wildman–Crippen LogP) is 4.40. The second kappa shape index (κ2) is 8.39. The first kappa shape index (κ1) is 17.9. The molecule has 24 heavy (non-hydrogen) atoms. The molecule has 4 heteroatoms. The number of hydrogen-bond donors (Lipinski definition) is 1. The van der Waals surface area contributed by atoms with Crippen LogP contribution in [0.5, 0.6) is 11.5 Å². The fourth-order valence-electron chi connectivity index (χ4n) is 2.77. The maximum absolute atomic E-state index is 12.4. The van der Waals surface area contributed by atoms with Crippen LogP contribution in [0.4, 0.5) is 5.69 Å². The molecule has 0 aliphatic rings. The highest BCUT2D eigenvalue weighted by atomic mass is 16.5. The van der Waals surface area contributed by atoms with Crippen molar-refractivity contribution in [2.24, 2.45) is 0 Å². The monoisotopic (exact) mass is 327 g/mol. The van der Waals surface area contributed by atoms with Gasteiger partial charge in [0.2, 0.25) is 5.91 Å². The third-order valence-electron chi connectivity index (χ3n) is 4.14. The molecule has 0 aliphatic heterocycles. The standard InChI is InChI=1S/C20H25NO3/c1-5-15-8-6-7-9-18(15)21-20(22)12-14(2)17-11-10-16(23-3)13-19(17)24-4/h6-11,13-14H,5,12H2,1-4H3,(H,21,22). The Morgan fingerprint density at radius 2 is 1.88 bits per heavy atom. The average Bonchev–Trinajstić information content (AvgIpc) is 2.61. The Hall–Kier alpha value is -2.49. The molecule has 0 saturated carbocycles. The van der Waals surface area contributed by atoms with Gasteiger partial charge in [0, 0.05) is 18.2 Å². The zero-order valence-corrected chi connectivity index (χ0v) is 14.8. The molecule has 0 radical (unpaired) electrons. The zero-order valence-electron chi connectivity index (χ0n) is 14.8. The van der Waals surface area contributed by atoms with Gasteiger partial charge in [-0.15, -0.1) is 0 Å². The fraction of sp³-hybridized carbons (Fsp3) is 0.350. The molecule has 0 aliphatic carbocycles. The van der Waals surface area contributed by atoms with Crippen LogP contribution in [0, 0.1) is 0 Å². The number of benzene rings is 2. The Kier molecular flexibility index (Phi) is 6.24. The number of methoxy groups -OCH3 is 2. The molecule has 0 fully saturated rings. The first-order valence-corrected chi connectivity index (χ1v) is 8.18. The van der Waals surface area contributed by atoms with Crippen molar-refractivity contribution < 1.29 is 14.3 Å². The lowest BCUT2D eigenvalue weighted by molar-refractivity contribution is -0.116. The molecule has 1 amide bonds. The van der Waals surface area contributed by atoms with E-state index in [1.165, 1.54) is 0 Å². The first-order chi connectivity index (χ1) is 11.6. The summed E-state index contributed by atoms with van der Waals surface area (Å²) in [6.45, 7) is 4.10. The van der Waals surface area contributed by atoms with Crippen molar-refractivity contribution in [1.82, 2.24) is 0 Å². The summed E-state index contributed by atoms with van der Waals surface area (Å²) in [5, 5.41) is 3.02. The number of para-hydroxylation sites is 1. The molecule has 2 aromatic rings. The summed E-state index contributed by atoms with van der Waals surface area (Å²) in [5.74, 6) is 1.52. The Morgan fingerprint density at radius 3 is 2.54 bits per heavy atom. The third kappa shape index (κ3) is 4.28. The van der Waals surface area contributed by atoms with Crippen molar-refractivity contribution in [2.45, 2.75) is 32.6 Å². The van der Waals surface area contributed by atoms with Crippen LogP contribution in [0.25, 0.3) is 0 Å². The Morgan fingerprint density at radius 1 is 1.12 bits per heavy atom. The van der Waals surface area contributed by atoms with E-state index < -0.39 is 0 Å². The van der Waals surface area contributed by atoms with Gasteiger partial charge in [-0.2, -0.15) is 0 Å². The van der Waals surface area contributed by atoms with E-state index in [0.29, 0.717) is 6.42 Å². The van der Waals surface area contributed by atoms with Crippen molar-refractivity contribution in [3.05, 3.63) is 53.6 Å². The van der Waals surface area contributed by atoms with Crippen LogP contribution in [0.15, 0.2) is 42.5 Å². The van der Waals surface area contributed by atoms with Gasteiger partial charge in [-0.1, -0.05) is 38.1 Å². The molecule has 1 atom stereocenters. The highest BCUT2D eigenvalue weighted by molar-refractivity contribution is 5.92. The predicted molar refractivity (Wildman–Crippen MR) is 97.0 cm³/mol. The Labute approximate surface area is 143 Å². The van der Waals surface area contributed by atoms with Gasteiger partial charge in [0.25, 0.3) is 0 Å². The molecular formula is C20H25NO3. The quantitative estimate of drug-likeness (QED) is 0.820.